The molecular weight excluding hydrogens is 170 g/mol. The first-order valence-corrected chi connectivity index (χ1v) is 4.75. The number of carbonyl (C=O) groups is 1. The van der Waals surface area contributed by atoms with Crippen molar-refractivity contribution >= 4 is 5.97 Å². The van der Waals surface area contributed by atoms with Crippen LogP contribution in [0.3, 0.4) is 0 Å². The van der Waals surface area contributed by atoms with Crippen LogP contribution in [0.5, 0.6) is 0 Å². The fourth-order valence-corrected chi connectivity index (χ4v) is 1.66. The molecule has 0 aromatic heterocycles. The van der Waals surface area contributed by atoms with Gasteiger partial charge in [0.1, 0.15) is 0 Å². The van der Waals surface area contributed by atoms with Crippen LogP contribution in [-0.2, 0) is 9.53 Å². The molecule has 1 rings (SSSR count). The lowest BCUT2D eigenvalue weighted by molar-refractivity contribution is -0.150. The maximum Gasteiger partial charge on any atom is 0.308 e. The van der Waals surface area contributed by atoms with Crippen LogP contribution in [0, 0.1) is 5.92 Å². The van der Waals surface area contributed by atoms with Gasteiger partial charge in [-0.05, 0) is 26.2 Å². The Hall–Kier alpha value is -0.610. The number of hydrogen-bond donors (Lipinski definition) is 2. The third-order valence-corrected chi connectivity index (χ3v) is 2.48. The van der Waals surface area contributed by atoms with Crippen molar-refractivity contribution in [3.63, 3.8) is 0 Å². The molecule has 4 nitrogen and oxygen atoms in total. The van der Waals surface area contributed by atoms with Crippen LogP contribution in [0.4, 0.5) is 0 Å². The fraction of sp³-hybridized carbons (Fsp3) is 0.889. The van der Waals surface area contributed by atoms with Gasteiger partial charge in [0.25, 0.3) is 0 Å². The number of rotatable bonds is 2. The Kier molecular flexibility index (Phi) is 3.69. The zero-order valence-corrected chi connectivity index (χ0v) is 7.90. The van der Waals surface area contributed by atoms with Gasteiger partial charge in [-0.3, -0.25) is 4.79 Å². The minimum absolute atomic E-state index is 0.113. The number of nitrogens with two attached hydrogens (primary N) is 1. The molecule has 0 saturated heterocycles. The first kappa shape index (κ1) is 10.5. The minimum atomic E-state index is -0.453. The molecule has 13 heavy (non-hydrogen) atoms. The van der Waals surface area contributed by atoms with Crippen LogP contribution in [0.25, 0.3) is 0 Å². The van der Waals surface area contributed by atoms with Crippen molar-refractivity contribution in [2.75, 3.05) is 6.61 Å². The Bertz CT molecular complexity index is 184. The number of aliphatic hydroxyl groups is 1. The van der Waals surface area contributed by atoms with E-state index in [0.29, 0.717) is 25.9 Å². The van der Waals surface area contributed by atoms with E-state index in [1.165, 1.54) is 0 Å². The maximum atomic E-state index is 11.3. The Labute approximate surface area is 78.1 Å². The van der Waals surface area contributed by atoms with E-state index < -0.39 is 6.10 Å². The molecule has 76 valence electrons. The number of hydrogen-bond acceptors (Lipinski definition) is 4. The summed E-state index contributed by atoms with van der Waals surface area (Å²) in [6, 6.07) is -0.275. The normalized spacial score (nSPS) is 34.2. The van der Waals surface area contributed by atoms with Crippen LogP contribution >= 0.6 is 0 Å². The molecule has 0 aromatic rings. The molecule has 1 saturated carbocycles. The van der Waals surface area contributed by atoms with E-state index >= 15 is 0 Å². The molecule has 0 aromatic carbocycles. The molecule has 0 amide bonds. The summed E-state index contributed by atoms with van der Waals surface area (Å²) in [4.78, 5) is 11.3. The van der Waals surface area contributed by atoms with E-state index in [2.05, 4.69) is 0 Å². The molecule has 3 N–H and O–H groups in total. The van der Waals surface area contributed by atoms with Gasteiger partial charge in [0.2, 0.25) is 0 Å². The van der Waals surface area contributed by atoms with Gasteiger partial charge in [-0.15, -0.1) is 0 Å². The Morgan fingerprint density at radius 3 is 2.85 bits per heavy atom. The molecule has 0 unspecified atom stereocenters. The predicted octanol–water partition coefficient (Wildman–Crippen LogP) is 0.0378. The second kappa shape index (κ2) is 4.58. The predicted molar refractivity (Wildman–Crippen MR) is 48.0 cm³/mol. The van der Waals surface area contributed by atoms with Gasteiger partial charge < -0.3 is 15.6 Å². The van der Waals surface area contributed by atoms with E-state index in [9.17, 15) is 9.90 Å². The standard InChI is InChI=1S/C9H17NO3/c1-2-13-9(12)6-3-4-8(11)7(10)5-6/h6-8,11H,2-5,10H2,1H3/t6-,7-,8-/m0/s1. The summed E-state index contributed by atoms with van der Waals surface area (Å²) < 4.78 is 4.89. The summed E-state index contributed by atoms with van der Waals surface area (Å²) in [6.45, 7) is 2.20. The molecular formula is C9H17NO3. The molecule has 1 aliphatic carbocycles. The quantitative estimate of drug-likeness (QED) is 0.598. The summed E-state index contributed by atoms with van der Waals surface area (Å²) in [6.07, 6.45) is 1.38. The van der Waals surface area contributed by atoms with Crippen molar-refractivity contribution in [2.45, 2.75) is 38.3 Å². The van der Waals surface area contributed by atoms with Crippen LogP contribution < -0.4 is 5.73 Å². The number of esters is 1. The number of ether oxygens (including phenoxy) is 1. The van der Waals surface area contributed by atoms with Crippen LogP contribution in [-0.4, -0.2) is 29.8 Å². The molecule has 0 heterocycles. The molecule has 1 fully saturated rings. The Morgan fingerprint density at radius 2 is 2.31 bits per heavy atom. The van der Waals surface area contributed by atoms with Crippen molar-refractivity contribution in [3.8, 4) is 0 Å². The van der Waals surface area contributed by atoms with Crippen LogP contribution in [0.2, 0.25) is 0 Å². The maximum absolute atomic E-state index is 11.3. The molecule has 4 heteroatoms. The zero-order valence-electron chi connectivity index (χ0n) is 7.90. The largest absolute Gasteiger partial charge is 0.466 e. The average molecular weight is 187 g/mol. The molecule has 0 bridgehead atoms. The van der Waals surface area contributed by atoms with Crippen LogP contribution in [0.15, 0.2) is 0 Å². The van der Waals surface area contributed by atoms with E-state index in [1.54, 1.807) is 6.92 Å². The van der Waals surface area contributed by atoms with Crippen molar-refractivity contribution < 1.29 is 14.6 Å². The lowest BCUT2D eigenvalue weighted by atomic mass is 9.84. The summed E-state index contributed by atoms with van der Waals surface area (Å²) in [5.74, 6) is -0.289. The van der Waals surface area contributed by atoms with Gasteiger partial charge in [-0.25, -0.2) is 0 Å². The van der Waals surface area contributed by atoms with Gasteiger partial charge in [-0.1, -0.05) is 0 Å². The summed E-state index contributed by atoms with van der Waals surface area (Å²) in [7, 11) is 0. The lowest BCUT2D eigenvalue weighted by Gasteiger charge is -2.29. The number of aliphatic hydroxyl groups excluding tert-OH is 1. The van der Waals surface area contributed by atoms with Crippen molar-refractivity contribution in [3.05, 3.63) is 0 Å². The highest BCUT2D eigenvalue weighted by molar-refractivity contribution is 5.72. The zero-order chi connectivity index (χ0) is 9.84. The third-order valence-electron chi connectivity index (χ3n) is 2.48. The lowest BCUT2D eigenvalue weighted by Crippen LogP contribution is -2.42. The monoisotopic (exact) mass is 187 g/mol. The first-order chi connectivity index (χ1) is 6.15. The van der Waals surface area contributed by atoms with Gasteiger partial charge in [-0.2, -0.15) is 0 Å². The molecule has 0 aliphatic heterocycles. The van der Waals surface area contributed by atoms with E-state index in [1.807, 2.05) is 0 Å². The van der Waals surface area contributed by atoms with Crippen molar-refractivity contribution in [1.29, 1.82) is 0 Å². The third kappa shape index (κ3) is 2.67. The van der Waals surface area contributed by atoms with Gasteiger partial charge in [0.05, 0.1) is 18.6 Å². The fourth-order valence-electron chi connectivity index (χ4n) is 1.66. The topological polar surface area (TPSA) is 72.5 Å². The Morgan fingerprint density at radius 1 is 1.62 bits per heavy atom. The van der Waals surface area contributed by atoms with Gasteiger partial charge in [0, 0.05) is 6.04 Å². The molecule has 3 atom stereocenters. The number of carbonyl (C=O) groups excluding carboxylic acids is 1. The van der Waals surface area contributed by atoms with Crippen LogP contribution in [0.1, 0.15) is 26.2 Å². The molecule has 0 radical (unpaired) electrons. The SMILES string of the molecule is CCOC(=O)[C@H]1CC[C@H](O)[C@@H](N)C1. The van der Waals surface area contributed by atoms with E-state index in [0.717, 1.165) is 0 Å². The van der Waals surface area contributed by atoms with Crippen molar-refractivity contribution in [1.82, 2.24) is 0 Å². The summed E-state index contributed by atoms with van der Waals surface area (Å²) in [5.41, 5.74) is 5.64. The molecule has 1 aliphatic rings. The van der Waals surface area contributed by atoms with Crippen molar-refractivity contribution in [2.24, 2.45) is 11.7 Å². The molecule has 0 spiro atoms. The average Bonchev–Trinajstić information content (AvgIpc) is 2.10. The van der Waals surface area contributed by atoms with Gasteiger partial charge in [0.15, 0.2) is 0 Å². The smallest absolute Gasteiger partial charge is 0.308 e. The second-order valence-corrected chi connectivity index (χ2v) is 3.49. The highest BCUT2D eigenvalue weighted by Gasteiger charge is 2.31. The summed E-state index contributed by atoms with van der Waals surface area (Å²) >= 11 is 0. The highest BCUT2D eigenvalue weighted by atomic mass is 16.5. The first-order valence-electron chi connectivity index (χ1n) is 4.75. The van der Waals surface area contributed by atoms with Gasteiger partial charge >= 0.3 is 5.97 Å². The summed E-state index contributed by atoms with van der Waals surface area (Å²) in [5, 5.41) is 9.33. The highest BCUT2D eigenvalue weighted by Crippen LogP contribution is 2.24. The van der Waals surface area contributed by atoms with E-state index in [4.69, 9.17) is 10.5 Å². The minimum Gasteiger partial charge on any atom is -0.466 e. The van der Waals surface area contributed by atoms with E-state index in [-0.39, 0.29) is 17.9 Å². The second-order valence-electron chi connectivity index (χ2n) is 3.49. The Balaban J connectivity index is 2.40.